The highest BCUT2D eigenvalue weighted by Gasteiger charge is 2.24. The van der Waals surface area contributed by atoms with Gasteiger partial charge in [0.05, 0.1) is 33.1 Å². The molecule has 0 saturated carbocycles. The lowest BCUT2D eigenvalue weighted by molar-refractivity contribution is 0.893. The van der Waals surface area contributed by atoms with Crippen LogP contribution in [0, 0.1) is 0 Å². The minimum absolute atomic E-state index is 0.560. The number of benzene rings is 10. The number of hydrogen-bond acceptors (Lipinski definition) is 6. The zero-order chi connectivity index (χ0) is 46.8. The van der Waals surface area contributed by atoms with Crippen molar-refractivity contribution in [3.63, 3.8) is 0 Å². The van der Waals surface area contributed by atoms with Crippen LogP contribution in [0.4, 0.5) is 0 Å². The first-order valence-corrected chi connectivity index (χ1v) is 26.5. The molecule has 0 aliphatic rings. The van der Waals surface area contributed by atoms with Crippen LogP contribution in [-0.2, 0) is 0 Å². The summed E-state index contributed by atoms with van der Waals surface area (Å²) >= 11 is 5.51. The summed E-state index contributed by atoms with van der Waals surface area (Å²) in [7, 11) is 0. The first kappa shape index (κ1) is 39.0. The van der Waals surface area contributed by atoms with Gasteiger partial charge in [-0.1, -0.05) is 121 Å². The second kappa shape index (κ2) is 14.4. The Hall–Kier alpha value is -8.73. The maximum Gasteiger partial charge on any atom is 0.240 e. The van der Waals surface area contributed by atoms with Crippen molar-refractivity contribution in [2.75, 3.05) is 0 Å². The van der Waals surface area contributed by atoms with Crippen LogP contribution in [0.25, 0.3) is 155 Å². The molecule has 0 atom stereocenters. The van der Waals surface area contributed by atoms with E-state index in [0.29, 0.717) is 17.7 Å². The van der Waals surface area contributed by atoms with Crippen LogP contribution < -0.4 is 0 Å². The van der Waals surface area contributed by atoms with E-state index < -0.39 is 0 Å². The lowest BCUT2D eigenvalue weighted by atomic mass is 10.1. The van der Waals surface area contributed by atoms with E-state index in [1.54, 1.807) is 0 Å². The molecular formula is C63H34N6S3. The molecule has 9 heteroatoms. The monoisotopic (exact) mass is 970 g/mol. The van der Waals surface area contributed by atoms with Crippen molar-refractivity contribution in [2.24, 2.45) is 0 Å². The van der Waals surface area contributed by atoms with Gasteiger partial charge in [0.2, 0.25) is 11.9 Å². The number of para-hydroxylation sites is 3. The van der Waals surface area contributed by atoms with Gasteiger partial charge in [0.15, 0.2) is 5.82 Å². The van der Waals surface area contributed by atoms with E-state index >= 15 is 0 Å². The maximum atomic E-state index is 5.60. The highest BCUT2D eigenvalue weighted by atomic mass is 32.1. The molecule has 10 aromatic carbocycles. The lowest BCUT2D eigenvalue weighted by Gasteiger charge is -2.14. The van der Waals surface area contributed by atoms with Gasteiger partial charge in [0.25, 0.3) is 0 Å². The smallest absolute Gasteiger partial charge is 0.240 e. The molecular weight excluding hydrogens is 937 g/mol. The normalized spacial score (nSPS) is 12.4. The van der Waals surface area contributed by atoms with Gasteiger partial charge in [0, 0.05) is 104 Å². The first-order chi connectivity index (χ1) is 35.7. The van der Waals surface area contributed by atoms with Gasteiger partial charge in [-0.25, -0.2) is 0 Å². The summed E-state index contributed by atoms with van der Waals surface area (Å²) in [6.07, 6.45) is 0. The van der Waals surface area contributed by atoms with Crippen molar-refractivity contribution in [1.29, 1.82) is 0 Å². The molecule has 0 spiro atoms. The standard InChI is InChI=1S/C63H34N6S3/c1-7-22-49-37(16-1)43-29-46-40-19-4-10-25-55(40)70-58(46)32-52(43)67(49)36-15-13-14-35(28-36)61-64-62(68-50-23-8-2-17-38(50)44-30-47-41-20-5-11-26-56(41)71-59(47)33-53(44)68)66-63(65-61)69-51-24-9-3-18-39(51)45-31-48-42-21-6-12-27-57(42)72-60(48)34-54(45)69/h1-34H. The lowest BCUT2D eigenvalue weighted by Crippen LogP contribution is -2.10. The number of rotatable bonds is 4. The van der Waals surface area contributed by atoms with E-state index in [4.69, 9.17) is 15.0 Å². The topological polar surface area (TPSA) is 53.5 Å². The molecule has 334 valence electrons. The Balaban J connectivity index is 0.953. The molecule has 7 aromatic heterocycles. The summed E-state index contributed by atoms with van der Waals surface area (Å²) < 4.78 is 14.5. The van der Waals surface area contributed by atoms with E-state index in [9.17, 15) is 0 Å². The van der Waals surface area contributed by atoms with Crippen LogP contribution >= 0.6 is 34.0 Å². The Kier molecular flexibility index (Phi) is 7.83. The van der Waals surface area contributed by atoms with Crippen molar-refractivity contribution >= 4 is 160 Å². The van der Waals surface area contributed by atoms with Crippen molar-refractivity contribution in [3.05, 3.63) is 206 Å². The van der Waals surface area contributed by atoms with Gasteiger partial charge >= 0.3 is 0 Å². The fourth-order valence-corrected chi connectivity index (χ4v) is 15.1. The maximum absolute atomic E-state index is 5.60. The third-order valence-electron chi connectivity index (χ3n) is 14.9. The van der Waals surface area contributed by atoms with Crippen molar-refractivity contribution < 1.29 is 0 Å². The van der Waals surface area contributed by atoms with E-state index in [-0.39, 0.29) is 0 Å². The average Bonchev–Trinajstić information content (AvgIpc) is 4.27. The molecule has 0 aliphatic carbocycles. The summed E-state index contributed by atoms with van der Waals surface area (Å²) in [5.74, 6) is 1.71. The van der Waals surface area contributed by atoms with E-state index in [1.165, 1.54) is 76.8 Å². The fourth-order valence-electron chi connectivity index (χ4n) is 11.7. The minimum Gasteiger partial charge on any atom is -0.309 e. The summed E-state index contributed by atoms with van der Waals surface area (Å²) in [6.45, 7) is 0. The number of thiophene rings is 3. The Morgan fingerprint density at radius 2 is 0.625 bits per heavy atom. The highest BCUT2D eigenvalue weighted by molar-refractivity contribution is 7.26. The SMILES string of the molecule is c1cc(-c2nc(-n3c4ccccc4c4cc5c(cc43)sc3ccccc35)nc(-n3c4ccccc4c4cc5c(cc43)sc3ccccc35)n2)cc(-n2c3ccccc3c3cc4c(cc32)sc2ccccc24)c1. The first-order valence-electron chi connectivity index (χ1n) is 24.1. The second-order valence-corrected chi connectivity index (χ2v) is 22.0. The van der Waals surface area contributed by atoms with Gasteiger partial charge in [-0.15, -0.1) is 34.0 Å². The van der Waals surface area contributed by atoms with Crippen molar-refractivity contribution in [2.45, 2.75) is 0 Å². The molecule has 72 heavy (non-hydrogen) atoms. The van der Waals surface area contributed by atoms with Crippen LogP contribution in [-0.4, -0.2) is 28.7 Å². The van der Waals surface area contributed by atoms with Crippen LogP contribution in [0.3, 0.4) is 0 Å². The zero-order valence-electron chi connectivity index (χ0n) is 38.0. The molecule has 0 aliphatic heterocycles. The van der Waals surface area contributed by atoms with Crippen LogP contribution in [0.1, 0.15) is 0 Å². The van der Waals surface area contributed by atoms with Gasteiger partial charge in [0.1, 0.15) is 0 Å². The van der Waals surface area contributed by atoms with Gasteiger partial charge in [-0.2, -0.15) is 15.0 Å². The van der Waals surface area contributed by atoms with E-state index in [0.717, 1.165) is 60.4 Å². The predicted octanol–water partition coefficient (Wildman–Crippen LogP) is 17.9. The van der Waals surface area contributed by atoms with E-state index in [1.807, 2.05) is 34.0 Å². The highest BCUT2D eigenvalue weighted by Crippen LogP contribution is 2.44. The molecule has 17 aromatic rings. The van der Waals surface area contributed by atoms with Crippen LogP contribution in [0.15, 0.2) is 206 Å². The van der Waals surface area contributed by atoms with Gasteiger partial charge < -0.3 is 4.57 Å². The summed E-state index contributed by atoms with van der Waals surface area (Å²) in [4.78, 5) is 16.7. The number of fused-ring (bicyclic) bond motifs is 18. The molecule has 6 nitrogen and oxygen atoms in total. The molecule has 0 N–H and O–H groups in total. The Labute approximate surface area is 421 Å². The Bertz CT molecular complexity index is 4990. The van der Waals surface area contributed by atoms with Crippen LogP contribution in [0.2, 0.25) is 0 Å². The largest absolute Gasteiger partial charge is 0.309 e. The molecule has 0 fully saturated rings. The van der Waals surface area contributed by atoms with E-state index in [2.05, 4.69) is 220 Å². The van der Waals surface area contributed by atoms with Crippen LogP contribution in [0.5, 0.6) is 0 Å². The van der Waals surface area contributed by atoms with Gasteiger partial charge in [-0.3, -0.25) is 9.13 Å². The molecule has 0 unspecified atom stereocenters. The number of aromatic nitrogens is 6. The average molecular weight is 971 g/mol. The molecule has 0 amide bonds. The summed E-state index contributed by atoms with van der Waals surface area (Å²) in [6, 6.07) is 75.2. The van der Waals surface area contributed by atoms with Crippen molar-refractivity contribution in [1.82, 2.24) is 28.7 Å². The Morgan fingerprint density at radius 1 is 0.250 bits per heavy atom. The number of hydrogen-bond donors (Lipinski definition) is 0. The minimum atomic E-state index is 0.560. The fraction of sp³-hybridized carbons (Fsp3) is 0. The predicted molar refractivity (Wildman–Crippen MR) is 307 cm³/mol. The third-order valence-corrected chi connectivity index (χ3v) is 18.3. The molecule has 0 saturated heterocycles. The summed E-state index contributed by atoms with van der Waals surface area (Å²) in [5, 5.41) is 14.7. The van der Waals surface area contributed by atoms with Crippen molar-refractivity contribution in [3.8, 4) is 29.0 Å². The molecule has 7 heterocycles. The number of nitrogens with zero attached hydrogens (tertiary/aromatic N) is 6. The molecule has 17 rings (SSSR count). The zero-order valence-corrected chi connectivity index (χ0v) is 40.5. The molecule has 0 radical (unpaired) electrons. The second-order valence-electron chi connectivity index (χ2n) is 18.8. The Morgan fingerprint density at radius 3 is 1.07 bits per heavy atom. The van der Waals surface area contributed by atoms with Gasteiger partial charge in [-0.05, 0) is 84.9 Å². The third kappa shape index (κ3) is 5.39. The molecule has 0 bridgehead atoms. The summed E-state index contributed by atoms with van der Waals surface area (Å²) in [5.41, 5.74) is 8.44. The quantitative estimate of drug-likeness (QED) is 0.177.